The van der Waals surface area contributed by atoms with Crippen molar-refractivity contribution in [3.8, 4) is 0 Å². The standard InChI is InChI=1S/C14H20N2O2/c1-4-10-16(11-9-14(17)18)13-7-5-12(6-8-13)15(2)3/h4-8H,1,9-11H2,2-3H3,(H,17,18). The van der Waals surface area contributed by atoms with Crippen LogP contribution in [0, 0.1) is 0 Å². The highest BCUT2D eigenvalue weighted by Crippen LogP contribution is 2.19. The van der Waals surface area contributed by atoms with E-state index in [2.05, 4.69) is 6.58 Å². The Morgan fingerprint density at radius 2 is 1.83 bits per heavy atom. The van der Waals surface area contributed by atoms with Crippen molar-refractivity contribution in [2.75, 3.05) is 37.0 Å². The summed E-state index contributed by atoms with van der Waals surface area (Å²) in [5.41, 5.74) is 2.14. The van der Waals surface area contributed by atoms with Crippen molar-refractivity contribution in [2.24, 2.45) is 0 Å². The van der Waals surface area contributed by atoms with Crippen LogP contribution in [0.25, 0.3) is 0 Å². The Morgan fingerprint density at radius 1 is 1.28 bits per heavy atom. The Balaban J connectivity index is 2.78. The molecule has 0 heterocycles. The molecule has 0 saturated heterocycles. The molecule has 0 bridgehead atoms. The van der Waals surface area contributed by atoms with Gasteiger partial charge in [-0.25, -0.2) is 0 Å². The van der Waals surface area contributed by atoms with Crippen molar-refractivity contribution in [3.63, 3.8) is 0 Å². The first-order valence-electron chi connectivity index (χ1n) is 5.89. The average molecular weight is 248 g/mol. The van der Waals surface area contributed by atoms with E-state index in [0.717, 1.165) is 11.4 Å². The van der Waals surface area contributed by atoms with Crippen molar-refractivity contribution >= 4 is 17.3 Å². The highest BCUT2D eigenvalue weighted by atomic mass is 16.4. The summed E-state index contributed by atoms with van der Waals surface area (Å²) in [7, 11) is 3.97. The average Bonchev–Trinajstić information content (AvgIpc) is 2.34. The zero-order valence-corrected chi connectivity index (χ0v) is 11.0. The van der Waals surface area contributed by atoms with Crippen molar-refractivity contribution in [1.29, 1.82) is 0 Å². The number of hydrogen-bond donors (Lipinski definition) is 1. The molecule has 4 heteroatoms. The highest BCUT2D eigenvalue weighted by Gasteiger charge is 2.07. The minimum Gasteiger partial charge on any atom is -0.481 e. The predicted octanol–water partition coefficient (Wildman–Crippen LogP) is 2.22. The lowest BCUT2D eigenvalue weighted by molar-refractivity contribution is -0.136. The molecule has 0 saturated carbocycles. The molecule has 1 aromatic carbocycles. The molecule has 0 radical (unpaired) electrons. The van der Waals surface area contributed by atoms with Crippen LogP contribution in [0.2, 0.25) is 0 Å². The van der Waals surface area contributed by atoms with Gasteiger partial charge in [-0.3, -0.25) is 4.79 Å². The second-order valence-corrected chi connectivity index (χ2v) is 4.29. The fourth-order valence-corrected chi connectivity index (χ4v) is 1.67. The smallest absolute Gasteiger partial charge is 0.305 e. The van der Waals surface area contributed by atoms with Crippen molar-refractivity contribution in [1.82, 2.24) is 0 Å². The molecule has 0 spiro atoms. The lowest BCUT2D eigenvalue weighted by Crippen LogP contribution is -2.26. The van der Waals surface area contributed by atoms with Crippen LogP contribution in [0.4, 0.5) is 11.4 Å². The van der Waals surface area contributed by atoms with Gasteiger partial charge in [-0.15, -0.1) is 6.58 Å². The van der Waals surface area contributed by atoms with Crippen molar-refractivity contribution in [3.05, 3.63) is 36.9 Å². The number of benzene rings is 1. The SMILES string of the molecule is C=CCN(CCC(=O)O)c1ccc(N(C)C)cc1. The summed E-state index contributed by atoms with van der Waals surface area (Å²) in [6.07, 6.45) is 1.91. The fraction of sp³-hybridized carbons (Fsp3) is 0.357. The molecular formula is C14H20N2O2. The third-order valence-corrected chi connectivity index (χ3v) is 2.68. The molecule has 0 amide bonds. The van der Waals surface area contributed by atoms with Gasteiger partial charge in [-0.05, 0) is 24.3 Å². The van der Waals surface area contributed by atoms with Gasteiger partial charge >= 0.3 is 5.97 Å². The maximum Gasteiger partial charge on any atom is 0.305 e. The van der Waals surface area contributed by atoms with Gasteiger partial charge in [0.15, 0.2) is 0 Å². The second-order valence-electron chi connectivity index (χ2n) is 4.29. The predicted molar refractivity (Wildman–Crippen MR) is 75.4 cm³/mol. The summed E-state index contributed by atoms with van der Waals surface area (Å²) >= 11 is 0. The molecule has 1 N–H and O–H groups in total. The minimum absolute atomic E-state index is 0.128. The van der Waals surface area contributed by atoms with E-state index >= 15 is 0 Å². The molecule has 0 aromatic heterocycles. The minimum atomic E-state index is -0.783. The molecule has 0 fully saturated rings. The van der Waals surface area contributed by atoms with Gasteiger partial charge in [0.25, 0.3) is 0 Å². The molecule has 1 rings (SSSR count). The van der Waals surface area contributed by atoms with E-state index in [4.69, 9.17) is 5.11 Å². The zero-order chi connectivity index (χ0) is 13.5. The van der Waals surface area contributed by atoms with Crippen LogP contribution in [0.5, 0.6) is 0 Å². The molecule has 98 valence electrons. The zero-order valence-electron chi connectivity index (χ0n) is 11.0. The van der Waals surface area contributed by atoms with Gasteiger partial charge in [0.2, 0.25) is 0 Å². The number of anilines is 2. The normalized spacial score (nSPS) is 9.89. The molecule has 4 nitrogen and oxygen atoms in total. The van der Waals surface area contributed by atoms with E-state index in [1.165, 1.54) is 0 Å². The van der Waals surface area contributed by atoms with Crippen molar-refractivity contribution in [2.45, 2.75) is 6.42 Å². The second kappa shape index (κ2) is 6.69. The topological polar surface area (TPSA) is 43.8 Å². The number of nitrogens with zero attached hydrogens (tertiary/aromatic N) is 2. The number of aliphatic carboxylic acids is 1. The summed E-state index contributed by atoms with van der Waals surface area (Å²) in [4.78, 5) is 14.7. The van der Waals surface area contributed by atoms with Crippen LogP contribution in [0.15, 0.2) is 36.9 Å². The summed E-state index contributed by atoms with van der Waals surface area (Å²) in [5.74, 6) is -0.783. The Hall–Kier alpha value is -1.97. The number of carboxylic acids is 1. The molecule has 1 aromatic rings. The van der Waals surface area contributed by atoms with E-state index in [1.807, 2.05) is 48.2 Å². The van der Waals surface area contributed by atoms with Gasteiger partial charge in [0.05, 0.1) is 6.42 Å². The number of carboxylic acid groups (broad SMARTS) is 1. The first-order chi connectivity index (χ1) is 8.54. The Labute approximate surface area is 108 Å². The molecule has 18 heavy (non-hydrogen) atoms. The number of rotatable bonds is 7. The first kappa shape index (κ1) is 14.1. The van der Waals surface area contributed by atoms with Crippen LogP contribution in [0.1, 0.15) is 6.42 Å². The number of hydrogen-bond acceptors (Lipinski definition) is 3. The lowest BCUT2D eigenvalue weighted by Gasteiger charge is -2.23. The maximum absolute atomic E-state index is 10.6. The Kier molecular flexibility index (Phi) is 5.24. The van der Waals surface area contributed by atoms with Crippen molar-refractivity contribution < 1.29 is 9.90 Å². The quantitative estimate of drug-likeness (QED) is 0.751. The summed E-state index contributed by atoms with van der Waals surface area (Å²) in [6, 6.07) is 8.04. The fourth-order valence-electron chi connectivity index (χ4n) is 1.67. The Morgan fingerprint density at radius 3 is 2.28 bits per heavy atom. The molecular weight excluding hydrogens is 228 g/mol. The van der Waals surface area contributed by atoms with E-state index in [-0.39, 0.29) is 6.42 Å². The van der Waals surface area contributed by atoms with E-state index in [1.54, 1.807) is 6.08 Å². The van der Waals surface area contributed by atoms with Crippen LogP contribution in [0.3, 0.4) is 0 Å². The van der Waals surface area contributed by atoms with Gasteiger partial charge in [0.1, 0.15) is 0 Å². The monoisotopic (exact) mass is 248 g/mol. The maximum atomic E-state index is 10.6. The highest BCUT2D eigenvalue weighted by molar-refractivity contribution is 5.68. The third-order valence-electron chi connectivity index (χ3n) is 2.68. The van der Waals surface area contributed by atoms with Crippen LogP contribution < -0.4 is 9.80 Å². The van der Waals surface area contributed by atoms with Gasteiger partial charge in [-0.2, -0.15) is 0 Å². The van der Waals surface area contributed by atoms with Crippen LogP contribution >= 0.6 is 0 Å². The lowest BCUT2D eigenvalue weighted by atomic mass is 10.2. The Bertz CT molecular complexity index is 399. The van der Waals surface area contributed by atoms with E-state index in [0.29, 0.717) is 13.1 Å². The van der Waals surface area contributed by atoms with Gasteiger partial charge in [-0.1, -0.05) is 6.08 Å². The van der Waals surface area contributed by atoms with E-state index < -0.39 is 5.97 Å². The molecule has 0 aliphatic rings. The van der Waals surface area contributed by atoms with Gasteiger partial charge in [0, 0.05) is 38.6 Å². The summed E-state index contributed by atoms with van der Waals surface area (Å²) in [6.45, 7) is 4.84. The summed E-state index contributed by atoms with van der Waals surface area (Å²) in [5, 5.41) is 8.74. The summed E-state index contributed by atoms with van der Waals surface area (Å²) < 4.78 is 0. The van der Waals surface area contributed by atoms with Gasteiger partial charge < -0.3 is 14.9 Å². The first-order valence-corrected chi connectivity index (χ1v) is 5.89. The molecule has 0 aliphatic carbocycles. The largest absolute Gasteiger partial charge is 0.481 e. The van der Waals surface area contributed by atoms with Crippen LogP contribution in [-0.2, 0) is 4.79 Å². The molecule has 0 unspecified atom stereocenters. The third kappa shape index (κ3) is 4.13. The molecule has 0 atom stereocenters. The van der Waals surface area contributed by atoms with Crippen LogP contribution in [-0.4, -0.2) is 38.3 Å². The van der Waals surface area contributed by atoms with E-state index in [9.17, 15) is 4.79 Å². The molecule has 0 aliphatic heterocycles. The number of carbonyl (C=O) groups is 1.